The van der Waals surface area contributed by atoms with Crippen molar-refractivity contribution < 1.29 is 12.9 Å². The van der Waals surface area contributed by atoms with Gasteiger partial charge < -0.3 is 15.2 Å². The molecule has 9 nitrogen and oxygen atoms in total. The zero-order chi connectivity index (χ0) is 22.2. The quantitative estimate of drug-likeness (QED) is 0.633. The van der Waals surface area contributed by atoms with Crippen LogP contribution in [-0.2, 0) is 15.3 Å². The van der Waals surface area contributed by atoms with Gasteiger partial charge in [0.25, 0.3) is 0 Å². The summed E-state index contributed by atoms with van der Waals surface area (Å²) in [6, 6.07) is 8.50. The molecule has 1 fully saturated rings. The van der Waals surface area contributed by atoms with E-state index in [9.17, 15) is 8.42 Å². The second-order valence-corrected chi connectivity index (χ2v) is 10.6. The standard InChI is InChI=1S/C21H26N6O3S/c1-14(2)21(3,17-6-4-15(5-7-17)16-12-23-19(22)24-13-16)18-25-20(30-26-18)27-8-10-31(28,29)11-9-27/h4-7,12-14H,8-11H2,1-3H3,(H2,22,23,24). The van der Waals surface area contributed by atoms with Crippen LogP contribution in [0.1, 0.15) is 32.2 Å². The van der Waals surface area contributed by atoms with Crippen LogP contribution >= 0.6 is 0 Å². The highest BCUT2D eigenvalue weighted by molar-refractivity contribution is 7.91. The molecule has 2 aromatic heterocycles. The van der Waals surface area contributed by atoms with Crippen molar-refractivity contribution in [2.24, 2.45) is 5.92 Å². The first-order chi connectivity index (χ1) is 14.7. The molecule has 0 aliphatic carbocycles. The van der Waals surface area contributed by atoms with Gasteiger partial charge in [0.15, 0.2) is 15.7 Å². The van der Waals surface area contributed by atoms with E-state index in [1.165, 1.54) is 0 Å². The average Bonchev–Trinajstić information content (AvgIpc) is 3.24. The maximum absolute atomic E-state index is 11.7. The van der Waals surface area contributed by atoms with Crippen molar-refractivity contribution >= 4 is 21.8 Å². The van der Waals surface area contributed by atoms with E-state index in [1.54, 1.807) is 12.4 Å². The molecule has 0 amide bonds. The van der Waals surface area contributed by atoms with Crippen LogP contribution in [0.3, 0.4) is 0 Å². The van der Waals surface area contributed by atoms with Crippen LogP contribution in [0.15, 0.2) is 41.2 Å². The lowest BCUT2D eigenvalue weighted by atomic mass is 9.72. The largest absolute Gasteiger partial charge is 0.368 e. The number of nitrogens with zero attached hydrogens (tertiary/aromatic N) is 5. The van der Waals surface area contributed by atoms with E-state index in [0.29, 0.717) is 24.9 Å². The number of anilines is 2. The van der Waals surface area contributed by atoms with E-state index in [1.807, 2.05) is 17.0 Å². The maximum Gasteiger partial charge on any atom is 0.324 e. The first-order valence-corrected chi connectivity index (χ1v) is 12.0. The summed E-state index contributed by atoms with van der Waals surface area (Å²) in [6.45, 7) is 7.05. The Morgan fingerprint density at radius 3 is 2.26 bits per heavy atom. The third-order valence-corrected chi connectivity index (χ3v) is 7.75. The van der Waals surface area contributed by atoms with Crippen LogP contribution in [-0.4, -0.2) is 53.1 Å². The number of sulfone groups is 1. The Balaban J connectivity index is 1.62. The van der Waals surface area contributed by atoms with Crippen molar-refractivity contribution in [3.63, 3.8) is 0 Å². The molecule has 0 saturated carbocycles. The molecule has 10 heteroatoms. The van der Waals surface area contributed by atoms with Crippen LogP contribution in [0.2, 0.25) is 0 Å². The van der Waals surface area contributed by atoms with Crippen LogP contribution in [0.4, 0.5) is 12.0 Å². The van der Waals surface area contributed by atoms with Crippen LogP contribution in [0.25, 0.3) is 11.1 Å². The number of nitrogen functional groups attached to an aromatic ring is 1. The molecular weight excluding hydrogens is 416 g/mol. The minimum absolute atomic E-state index is 0.0997. The van der Waals surface area contributed by atoms with E-state index < -0.39 is 15.3 Å². The second-order valence-electron chi connectivity index (χ2n) is 8.30. The summed E-state index contributed by atoms with van der Waals surface area (Å²) in [5.74, 6) is 1.21. The molecule has 1 aromatic carbocycles. The summed E-state index contributed by atoms with van der Waals surface area (Å²) in [5.41, 5.74) is 8.01. The molecule has 1 atom stereocenters. The smallest absolute Gasteiger partial charge is 0.324 e. The lowest BCUT2D eigenvalue weighted by molar-refractivity contribution is 0.348. The monoisotopic (exact) mass is 442 g/mol. The highest BCUT2D eigenvalue weighted by Crippen LogP contribution is 2.38. The van der Waals surface area contributed by atoms with Gasteiger partial charge in [-0.05, 0) is 24.0 Å². The topological polar surface area (TPSA) is 128 Å². The Bertz CT molecular complexity index is 1140. The number of rotatable bonds is 5. The molecule has 1 unspecified atom stereocenters. The molecule has 31 heavy (non-hydrogen) atoms. The Morgan fingerprint density at radius 2 is 1.68 bits per heavy atom. The summed E-state index contributed by atoms with van der Waals surface area (Å²) < 4.78 is 28.9. The van der Waals surface area contributed by atoms with Gasteiger partial charge in [0.1, 0.15) is 0 Å². The summed E-state index contributed by atoms with van der Waals surface area (Å²) in [4.78, 5) is 14.6. The van der Waals surface area contributed by atoms with Crippen molar-refractivity contribution in [3.05, 3.63) is 48.0 Å². The third-order valence-electron chi connectivity index (χ3n) is 6.14. The zero-order valence-electron chi connectivity index (χ0n) is 17.8. The lowest BCUT2D eigenvalue weighted by Crippen LogP contribution is -2.40. The van der Waals surface area contributed by atoms with Gasteiger partial charge in [-0.3, -0.25) is 0 Å². The Kier molecular flexibility index (Phi) is 5.42. The fourth-order valence-corrected chi connectivity index (χ4v) is 4.88. The molecule has 0 bridgehead atoms. The minimum Gasteiger partial charge on any atom is -0.368 e. The third kappa shape index (κ3) is 4.12. The van der Waals surface area contributed by atoms with E-state index in [-0.39, 0.29) is 23.4 Å². The molecule has 2 N–H and O–H groups in total. The van der Waals surface area contributed by atoms with Crippen LogP contribution in [0, 0.1) is 5.92 Å². The van der Waals surface area contributed by atoms with Gasteiger partial charge in [0.05, 0.1) is 16.9 Å². The second kappa shape index (κ2) is 7.92. The first kappa shape index (κ1) is 21.2. The minimum atomic E-state index is -2.98. The van der Waals surface area contributed by atoms with Gasteiger partial charge in [-0.1, -0.05) is 43.3 Å². The highest BCUT2D eigenvalue weighted by atomic mass is 32.2. The Labute approximate surface area is 181 Å². The molecule has 4 rings (SSSR count). The Hall–Kier alpha value is -3.01. The first-order valence-electron chi connectivity index (χ1n) is 10.2. The number of hydrogen-bond donors (Lipinski definition) is 1. The van der Waals surface area contributed by atoms with E-state index in [4.69, 9.17) is 10.3 Å². The molecule has 1 saturated heterocycles. The molecule has 0 radical (unpaired) electrons. The zero-order valence-corrected chi connectivity index (χ0v) is 18.6. The summed E-state index contributed by atoms with van der Waals surface area (Å²) >= 11 is 0. The fraction of sp³-hybridized carbons (Fsp3) is 0.429. The molecule has 1 aliphatic heterocycles. The number of aromatic nitrogens is 4. The van der Waals surface area contributed by atoms with E-state index >= 15 is 0 Å². The van der Waals surface area contributed by atoms with Gasteiger partial charge in [0, 0.05) is 31.0 Å². The molecular formula is C21H26N6O3S. The molecule has 164 valence electrons. The molecule has 3 aromatic rings. The SMILES string of the molecule is CC(C)C(C)(c1ccc(-c2cnc(N)nc2)cc1)c1noc(N2CCS(=O)(=O)CC2)n1. The highest BCUT2D eigenvalue weighted by Gasteiger charge is 2.38. The van der Waals surface area contributed by atoms with Gasteiger partial charge >= 0.3 is 6.01 Å². The summed E-state index contributed by atoms with van der Waals surface area (Å²) in [6.07, 6.45) is 3.40. The molecule has 1 aliphatic rings. The van der Waals surface area contributed by atoms with Crippen LogP contribution in [0.5, 0.6) is 0 Å². The van der Waals surface area contributed by atoms with Crippen molar-refractivity contribution in [2.45, 2.75) is 26.2 Å². The average molecular weight is 443 g/mol. The van der Waals surface area contributed by atoms with Crippen molar-refractivity contribution in [1.82, 2.24) is 20.1 Å². The number of nitrogens with two attached hydrogens (primary N) is 1. The van der Waals surface area contributed by atoms with Crippen LogP contribution < -0.4 is 10.6 Å². The molecule has 0 spiro atoms. The Morgan fingerprint density at radius 1 is 1.06 bits per heavy atom. The van der Waals surface area contributed by atoms with Crippen molar-refractivity contribution in [3.8, 4) is 11.1 Å². The fourth-order valence-electron chi connectivity index (χ4n) is 3.68. The normalized spacial score (nSPS) is 18.1. The number of benzene rings is 1. The maximum atomic E-state index is 11.7. The summed E-state index contributed by atoms with van der Waals surface area (Å²) in [5, 5.41) is 4.28. The van der Waals surface area contributed by atoms with Gasteiger partial charge in [-0.2, -0.15) is 4.98 Å². The summed E-state index contributed by atoms with van der Waals surface area (Å²) in [7, 11) is -2.98. The predicted octanol–water partition coefficient (Wildman–Crippen LogP) is 2.31. The van der Waals surface area contributed by atoms with Gasteiger partial charge in [0.2, 0.25) is 5.95 Å². The molecule has 3 heterocycles. The van der Waals surface area contributed by atoms with Gasteiger partial charge in [-0.15, -0.1) is 0 Å². The number of hydrogen-bond acceptors (Lipinski definition) is 9. The van der Waals surface area contributed by atoms with E-state index in [0.717, 1.165) is 16.7 Å². The van der Waals surface area contributed by atoms with E-state index in [2.05, 4.69) is 53.0 Å². The van der Waals surface area contributed by atoms with Gasteiger partial charge in [-0.25, -0.2) is 18.4 Å². The predicted molar refractivity (Wildman–Crippen MR) is 118 cm³/mol. The lowest BCUT2D eigenvalue weighted by Gasteiger charge is -2.31. The van der Waals surface area contributed by atoms with Crippen molar-refractivity contribution in [1.29, 1.82) is 0 Å². The van der Waals surface area contributed by atoms with Crippen molar-refractivity contribution in [2.75, 3.05) is 35.2 Å².